The number of nitrogens with zero attached hydrogens (tertiary/aromatic N) is 1. The van der Waals surface area contributed by atoms with Crippen LogP contribution in [-0.2, 0) is 9.53 Å². The van der Waals surface area contributed by atoms with Gasteiger partial charge in [-0.25, -0.2) is 0 Å². The molecule has 1 aromatic carbocycles. The van der Waals surface area contributed by atoms with Crippen molar-refractivity contribution in [1.82, 2.24) is 10.2 Å². The number of carbonyl (C=O) groups excluding carboxylic acids is 1. The van der Waals surface area contributed by atoms with Crippen LogP contribution in [0.4, 0.5) is 0 Å². The van der Waals surface area contributed by atoms with E-state index in [1.54, 1.807) is 20.3 Å². The molecule has 144 valence electrons. The van der Waals surface area contributed by atoms with E-state index in [1.807, 2.05) is 18.2 Å². The normalized spacial score (nSPS) is 18.3. The summed E-state index contributed by atoms with van der Waals surface area (Å²) < 4.78 is 16.2. The molecule has 0 aliphatic carbocycles. The van der Waals surface area contributed by atoms with Gasteiger partial charge in [-0.15, -0.1) is 0 Å². The van der Waals surface area contributed by atoms with Gasteiger partial charge in [-0.05, 0) is 29.7 Å². The van der Waals surface area contributed by atoms with Crippen molar-refractivity contribution < 1.29 is 19.0 Å². The van der Waals surface area contributed by atoms with Gasteiger partial charge in [-0.1, -0.05) is 19.9 Å². The van der Waals surface area contributed by atoms with E-state index in [0.29, 0.717) is 24.0 Å². The maximum absolute atomic E-state index is 12.1. The molecule has 2 rings (SSSR count). The van der Waals surface area contributed by atoms with E-state index in [4.69, 9.17) is 14.2 Å². The maximum Gasteiger partial charge on any atom is 0.244 e. The van der Waals surface area contributed by atoms with Crippen molar-refractivity contribution in [1.29, 1.82) is 0 Å². The molecule has 1 unspecified atom stereocenters. The van der Waals surface area contributed by atoms with Gasteiger partial charge in [-0.2, -0.15) is 0 Å². The summed E-state index contributed by atoms with van der Waals surface area (Å²) >= 11 is 0. The van der Waals surface area contributed by atoms with Gasteiger partial charge in [0.05, 0.1) is 26.9 Å². The van der Waals surface area contributed by atoms with Crippen LogP contribution in [0.5, 0.6) is 11.5 Å². The monoisotopic (exact) mass is 362 g/mol. The van der Waals surface area contributed by atoms with Crippen molar-refractivity contribution in [3.8, 4) is 11.5 Å². The van der Waals surface area contributed by atoms with E-state index >= 15 is 0 Å². The topological polar surface area (TPSA) is 60.0 Å². The molecule has 1 aliphatic heterocycles. The summed E-state index contributed by atoms with van der Waals surface area (Å²) in [5, 5.41) is 2.91. The van der Waals surface area contributed by atoms with Crippen molar-refractivity contribution >= 4 is 12.0 Å². The lowest BCUT2D eigenvalue weighted by Crippen LogP contribution is -2.48. The number of rotatable bonds is 8. The summed E-state index contributed by atoms with van der Waals surface area (Å²) in [5.74, 6) is 1.79. The fourth-order valence-electron chi connectivity index (χ4n) is 2.99. The smallest absolute Gasteiger partial charge is 0.244 e. The first-order valence-corrected chi connectivity index (χ1v) is 9.03. The zero-order chi connectivity index (χ0) is 18.9. The fourth-order valence-corrected chi connectivity index (χ4v) is 2.99. The molecular weight excluding hydrogens is 332 g/mol. The lowest BCUT2D eigenvalue weighted by Gasteiger charge is -2.33. The van der Waals surface area contributed by atoms with Gasteiger partial charge in [0.2, 0.25) is 5.91 Å². The summed E-state index contributed by atoms with van der Waals surface area (Å²) in [6.45, 7) is 8.54. The van der Waals surface area contributed by atoms with Gasteiger partial charge < -0.3 is 19.5 Å². The van der Waals surface area contributed by atoms with Crippen molar-refractivity contribution in [3.63, 3.8) is 0 Å². The van der Waals surface area contributed by atoms with Crippen molar-refractivity contribution in [2.24, 2.45) is 5.92 Å². The Labute approximate surface area is 156 Å². The molecule has 0 aromatic heterocycles. The standard InChI is InChI=1S/C20H30N2O4/c1-15(2)13-22-9-10-26-17(14-22)12-21-20(23)8-6-16-5-7-18(24-3)19(11-16)25-4/h5-8,11,15,17H,9-10,12-14H2,1-4H3,(H,21,23)/b8-6+. The number of benzene rings is 1. The molecule has 1 N–H and O–H groups in total. The molecule has 0 radical (unpaired) electrons. The van der Waals surface area contributed by atoms with E-state index in [2.05, 4.69) is 24.1 Å². The van der Waals surface area contributed by atoms with E-state index in [1.165, 1.54) is 6.08 Å². The van der Waals surface area contributed by atoms with Crippen LogP contribution in [0, 0.1) is 5.92 Å². The van der Waals surface area contributed by atoms with Gasteiger partial charge in [0.25, 0.3) is 0 Å². The molecule has 1 amide bonds. The number of morpholine rings is 1. The number of carbonyl (C=O) groups is 1. The Morgan fingerprint density at radius 3 is 2.81 bits per heavy atom. The average molecular weight is 362 g/mol. The van der Waals surface area contributed by atoms with E-state index < -0.39 is 0 Å². The number of ether oxygens (including phenoxy) is 3. The van der Waals surface area contributed by atoms with E-state index in [-0.39, 0.29) is 12.0 Å². The molecule has 1 fully saturated rings. The second-order valence-electron chi connectivity index (χ2n) is 6.84. The Kier molecular flexibility index (Phi) is 7.94. The Hall–Kier alpha value is -2.05. The van der Waals surface area contributed by atoms with Gasteiger partial charge in [0.1, 0.15) is 0 Å². The summed E-state index contributed by atoms with van der Waals surface area (Å²) in [6.07, 6.45) is 3.32. The highest BCUT2D eigenvalue weighted by molar-refractivity contribution is 5.91. The van der Waals surface area contributed by atoms with E-state index in [0.717, 1.165) is 31.8 Å². The first kappa shape index (κ1) is 20.3. The molecule has 0 saturated carbocycles. The van der Waals surface area contributed by atoms with Gasteiger partial charge >= 0.3 is 0 Å². The summed E-state index contributed by atoms with van der Waals surface area (Å²) in [6, 6.07) is 5.52. The molecule has 26 heavy (non-hydrogen) atoms. The Bertz CT molecular complexity index is 616. The van der Waals surface area contributed by atoms with Crippen LogP contribution in [0.15, 0.2) is 24.3 Å². The zero-order valence-electron chi connectivity index (χ0n) is 16.2. The Morgan fingerprint density at radius 2 is 2.12 bits per heavy atom. The second kappa shape index (κ2) is 10.2. The number of amides is 1. The second-order valence-corrected chi connectivity index (χ2v) is 6.84. The van der Waals surface area contributed by atoms with Crippen LogP contribution >= 0.6 is 0 Å². The number of nitrogens with one attached hydrogen (secondary N) is 1. The molecule has 1 atom stereocenters. The Morgan fingerprint density at radius 1 is 1.35 bits per heavy atom. The molecular formula is C20H30N2O4. The van der Waals surface area contributed by atoms with Crippen LogP contribution in [0.1, 0.15) is 19.4 Å². The van der Waals surface area contributed by atoms with E-state index in [9.17, 15) is 4.79 Å². The highest BCUT2D eigenvalue weighted by Gasteiger charge is 2.21. The van der Waals surface area contributed by atoms with Crippen LogP contribution < -0.4 is 14.8 Å². The van der Waals surface area contributed by atoms with Crippen LogP contribution in [0.25, 0.3) is 6.08 Å². The summed E-state index contributed by atoms with van der Waals surface area (Å²) in [4.78, 5) is 14.5. The molecule has 0 spiro atoms. The van der Waals surface area contributed by atoms with Crippen LogP contribution in [0.2, 0.25) is 0 Å². The molecule has 1 saturated heterocycles. The van der Waals surface area contributed by atoms with Crippen molar-refractivity contribution in [2.45, 2.75) is 20.0 Å². The molecule has 1 heterocycles. The SMILES string of the molecule is COc1ccc(/C=C/C(=O)NCC2CN(CC(C)C)CCO2)cc1OC. The molecule has 1 aromatic rings. The minimum absolute atomic E-state index is 0.0425. The number of hydrogen-bond donors (Lipinski definition) is 1. The Balaban J connectivity index is 1.82. The van der Waals surface area contributed by atoms with Crippen molar-refractivity contribution in [3.05, 3.63) is 29.8 Å². The van der Waals surface area contributed by atoms with Gasteiger partial charge in [0, 0.05) is 32.3 Å². The first-order chi connectivity index (χ1) is 12.5. The third-order valence-corrected chi connectivity index (χ3v) is 4.18. The van der Waals surface area contributed by atoms with Crippen LogP contribution in [0.3, 0.4) is 0 Å². The minimum Gasteiger partial charge on any atom is -0.493 e. The van der Waals surface area contributed by atoms with Gasteiger partial charge in [-0.3, -0.25) is 9.69 Å². The summed E-state index contributed by atoms with van der Waals surface area (Å²) in [7, 11) is 3.18. The highest BCUT2D eigenvalue weighted by atomic mass is 16.5. The predicted octanol–water partition coefficient (Wildman–Crippen LogP) is 2.19. The van der Waals surface area contributed by atoms with Crippen molar-refractivity contribution in [2.75, 3.05) is 47.0 Å². The number of methoxy groups -OCH3 is 2. The zero-order valence-corrected chi connectivity index (χ0v) is 16.2. The lowest BCUT2D eigenvalue weighted by atomic mass is 10.1. The van der Waals surface area contributed by atoms with Gasteiger partial charge in [0.15, 0.2) is 11.5 Å². The predicted molar refractivity (Wildman–Crippen MR) is 103 cm³/mol. The lowest BCUT2D eigenvalue weighted by molar-refractivity contribution is -0.117. The number of hydrogen-bond acceptors (Lipinski definition) is 5. The average Bonchev–Trinajstić information content (AvgIpc) is 2.64. The van der Waals surface area contributed by atoms with Crippen LogP contribution in [-0.4, -0.2) is 63.9 Å². The molecule has 1 aliphatic rings. The molecule has 0 bridgehead atoms. The fraction of sp³-hybridized carbons (Fsp3) is 0.550. The molecule has 6 heteroatoms. The third-order valence-electron chi connectivity index (χ3n) is 4.18. The largest absolute Gasteiger partial charge is 0.493 e. The third kappa shape index (κ3) is 6.35. The quantitative estimate of drug-likeness (QED) is 0.719. The minimum atomic E-state index is -0.135. The summed E-state index contributed by atoms with van der Waals surface area (Å²) in [5.41, 5.74) is 0.870. The maximum atomic E-state index is 12.1. The highest BCUT2D eigenvalue weighted by Crippen LogP contribution is 2.27. The molecule has 6 nitrogen and oxygen atoms in total. The first-order valence-electron chi connectivity index (χ1n) is 9.03.